The number of primary amides is 1. The maximum Gasteiger partial charge on any atom is 0.251 e. The summed E-state index contributed by atoms with van der Waals surface area (Å²) in [6.45, 7) is 4.53. The Morgan fingerprint density at radius 2 is 1.96 bits per heavy atom. The number of benzene rings is 1. The molecule has 150 valence electrons. The molecular formula is C19H23N3O4S2. The van der Waals surface area contributed by atoms with Gasteiger partial charge in [-0.25, -0.2) is 8.42 Å². The summed E-state index contributed by atoms with van der Waals surface area (Å²) in [5.74, 6) is -1.33. The molecule has 1 aliphatic rings. The van der Waals surface area contributed by atoms with E-state index in [9.17, 15) is 18.0 Å². The molecule has 2 aromatic rings. The first-order chi connectivity index (χ1) is 13.3. The first-order valence-electron chi connectivity index (χ1n) is 9.06. The molecule has 2 amide bonds. The van der Waals surface area contributed by atoms with E-state index >= 15 is 0 Å². The molecule has 0 bridgehead atoms. The van der Waals surface area contributed by atoms with Gasteiger partial charge in [0.1, 0.15) is 5.00 Å². The monoisotopic (exact) mass is 421 g/mol. The third-order valence-electron chi connectivity index (χ3n) is 4.78. The quantitative estimate of drug-likeness (QED) is 0.711. The van der Waals surface area contributed by atoms with E-state index in [1.54, 1.807) is 18.2 Å². The van der Waals surface area contributed by atoms with E-state index in [0.717, 1.165) is 30.1 Å². The minimum Gasteiger partial charge on any atom is -0.365 e. The first-order valence-corrected chi connectivity index (χ1v) is 11.5. The molecule has 0 saturated heterocycles. The highest BCUT2D eigenvalue weighted by molar-refractivity contribution is 7.91. The Morgan fingerprint density at radius 1 is 1.25 bits per heavy atom. The van der Waals surface area contributed by atoms with E-state index in [0.29, 0.717) is 17.0 Å². The summed E-state index contributed by atoms with van der Waals surface area (Å²) in [5.41, 5.74) is 6.81. The van der Waals surface area contributed by atoms with Crippen molar-refractivity contribution < 1.29 is 18.0 Å². The van der Waals surface area contributed by atoms with Crippen molar-refractivity contribution in [3.8, 4) is 0 Å². The van der Waals surface area contributed by atoms with Crippen molar-refractivity contribution in [2.24, 2.45) is 5.73 Å². The number of nitrogens with one attached hydrogen (secondary N) is 1. The van der Waals surface area contributed by atoms with Crippen LogP contribution in [-0.4, -0.2) is 44.0 Å². The number of sulfone groups is 1. The van der Waals surface area contributed by atoms with Crippen molar-refractivity contribution in [3.63, 3.8) is 0 Å². The van der Waals surface area contributed by atoms with Gasteiger partial charge in [0.05, 0.1) is 16.2 Å². The fourth-order valence-corrected chi connectivity index (χ4v) is 5.81. The Balaban J connectivity index is 1.72. The number of fused-ring (bicyclic) bond motifs is 1. The van der Waals surface area contributed by atoms with Gasteiger partial charge in [0.25, 0.3) is 5.91 Å². The lowest BCUT2D eigenvalue weighted by molar-refractivity contribution is -0.115. The van der Waals surface area contributed by atoms with Crippen LogP contribution in [0.15, 0.2) is 35.2 Å². The number of carbonyl (C=O) groups excluding carboxylic acids is 2. The number of amides is 2. The van der Waals surface area contributed by atoms with Gasteiger partial charge in [-0.1, -0.05) is 25.1 Å². The van der Waals surface area contributed by atoms with Crippen LogP contribution in [0.4, 0.5) is 5.00 Å². The van der Waals surface area contributed by atoms with E-state index in [1.165, 1.54) is 23.5 Å². The highest BCUT2D eigenvalue weighted by atomic mass is 32.2. The molecule has 1 aromatic carbocycles. The third kappa shape index (κ3) is 4.43. The minimum atomic E-state index is -3.54. The molecule has 0 aliphatic carbocycles. The number of hydrogen-bond donors (Lipinski definition) is 2. The second-order valence-corrected chi connectivity index (χ2v) is 9.84. The van der Waals surface area contributed by atoms with Crippen LogP contribution in [0, 0.1) is 0 Å². The number of likely N-dealkylation sites (N-methyl/N-ethyl adjacent to an activating group) is 1. The van der Waals surface area contributed by atoms with E-state index in [4.69, 9.17) is 5.73 Å². The van der Waals surface area contributed by atoms with Crippen LogP contribution in [0.25, 0.3) is 0 Å². The number of nitrogens with zero attached hydrogens (tertiary/aromatic N) is 1. The smallest absolute Gasteiger partial charge is 0.251 e. The topological polar surface area (TPSA) is 110 Å². The summed E-state index contributed by atoms with van der Waals surface area (Å²) in [4.78, 5) is 27.8. The summed E-state index contributed by atoms with van der Waals surface area (Å²) in [7, 11) is -3.54. The van der Waals surface area contributed by atoms with Gasteiger partial charge in [-0.15, -0.1) is 11.3 Å². The zero-order valence-electron chi connectivity index (χ0n) is 15.6. The zero-order valence-corrected chi connectivity index (χ0v) is 17.2. The first kappa shape index (κ1) is 20.5. The number of rotatable bonds is 7. The molecule has 1 aromatic heterocycles. The molecule has 28 heavy (non-hydrogen) atoms. The number of thiophene rings is 1. The largest absolute Gasteiger partial charge is 0.365 e. The Labute approximate surface area is 168 Å². The van der Waals surface area contributed by atoms with E-state index in [-0.39, 0.29) is 17.1 Å². The summed E-state index contributed by atoms with van der Waals surface area (Å²) in [6, 6.07) is 8.02. The standard InChI is InChI=1S/C19H23N3O4S2/c1-2-22-10-8-14-15(12-22)27-19(17(14)18(20)24)21-16(23)9-11-28(25,26)13-6-4-3-5-7-13/h3-7H,2,8-12H2,1H3,(H2,20,24)(H,21,23). The van der Waals surface area contributed by atoms with Crippen LogP contribution in [-0.2, 0) is 27.6 Å². The van der Waals surface area contributed by atoms with Gasteiger partial charge in [-0.3, -0.25) is 14.5 Å². The summed E-state index contributed by atoms with van der Waals surface area (Å²) >= 11 is 1.34. The molecule has 0 radical (unpaired) electrons. The second-order valence-electron chi connectivity index (χ2n) is 6.62. The maximum absolute atomic E-state index is 12.4. The lowest BCUT2D eigenvalue weighted by Crippen LogP contribution is -2.30. The molecule has 0 saturated carbocycles. The molecule has 3 rings (SSSR count). The zero-order chi connectivity index (χ0) is 20.3. The molecule has 0 unspecified atom stereocenters. The molecule has 0 fully saturated rings. The van der Waals surface area contributed by atoms with E-state index in [2.05, 4.69) is 17.1 Å². The average molecular weight is 422 g/mol. The molecule has 3 N–H and O–H groups in total. The Morgan fingerprint density at radius 3 is 2.61 bits per heavy atom. The number of anilines is 1. The van der Waals surface area contributed by atoms with Gasteiger partial charge >= 0.3 is 0 Å². The molecule has 2 heterocycles. The van der Waals surface area contributed by atoms with Crippen molar-refractivity contribution in [1.82, 2.24) is 4.90 Å². The van der Waals surface area contributed by atoms with Crippen LogP contribution in [0.5, 0.6) is 0 Å². The van der Waals surface area contributed by atoms with E-state index in [1.807, 2.05) is 0 Å². The van der Waals surface area contributed by atoms with Crippen LogP contribution < -0.4 is 11.1 Å². The SMILES string of the molecule is CCN1CCc2c(sc(NC(=O)CCS(=O)(=O)c3ccccc3)c2C(N)=O)C1. The van der Waals surface area contributed by atoms with Gasteiger partial charge in [0, 0.05) is 24.4 Å². The second kappa shape index (κ2) is 8.42. The van der Waals surface area contributed by atoms with Crippen LogP contribution in [0.1, 0.15) is 34.1 Å². The summed E-state index contributed by atoms with van der Waals surface area (Å²) in [5, 5.41) is 3.12. The Bertz CT molecular complexity index is 984. The van der Waals surface area contributed by atoms with Gasteiger partial charge in [-0.05, 0) is 30.7 Å². The van der Waals surface area contributed by atoms with Crippen molar-refractivity contribution >= 4 is 38.0 Å². The predicted molar refractivity (Wildman–Crippen MR) is 109 cm³/mol. The molecular weight excluding hydrogens is 398 g/mol. The Hall–Kier alpha value is -2.23. The van der Waals surface area contributed by atoms with Gasteiger partial charge < -0.3 is 11.1 Å². The lowest BCUT2D eigenvalue weighted by atomic mass is 10.0. The minimum absolute atomic E-state index is 0.187. The number of carbonyl (C=O) groups is 2. The molecule has 9 heteroatoms. The van der Waals surface area contributed by atoms with Crippen molar-refractivity contribution in [3.05, 3.63) is 46.3 Å². The van der Waals surface area contributed by atoms with Gasteiger partial charge in [-0.2, -0.15) is 0 Å². The number of hydrogen-bond acceptors (Lipinski definition) is 6. The van der Waals surface area contributed by atoms with Crippen LogP contribution >= 0.6 is 11.3 Å². The Kier molecular flexibility index (Phi) is 6.17. The van der Waals surface area contributed by atoms with E-state index < -0.39 is 21.7 Å². The predicted octanol–water partition coefficient (Wildman–Crippen LogP) is 2.03. The van der Waals surface area contributed by atoms with Gasteiger partial charge in [0.15, 0.2) is 9.84 Å². The average Bonchev–Trinajstić information content (AvgIpc) is 3.04. The highest BCUT2D eigenvalue weighted by Crippen LogP contribution is 2.37. The van der Waals surface area contributed by atoms with Crippen molar-refractivity contribution in [2.45, 2.75) is 31.2 Å². The fraction of sp³-hybridized carbons (Fsp3) is 0.368. The van der Waals surface area contributed by atoms with Crippen molar-refractivity contribution in [2.75, 3.05) is 24.2 Å². The normalized spacial score (nSPS) is 14.5. The summed E-state index contributed by atoms with van der Waals surface area (Å²) in [6.07, 6.45) is 0.509. The molecule has 1 aliphatic heterocycles. The summed E-state index contributed by atoms with van der Waals surface area (Å²) < 4.78 is 24.7. The number of nitrogens with two attached hydrogens (primary N) is 1. The maximum atomic E-state index is 12.4. The third-order valence-corrected chi connectivity index (χ3v) is 7.65. The van der Waals surface area contributed by atoms with Crippen LogP contribution in [0.3, 0.4) is 0 Å². The van der Waals surface area contributed by atoms with Gasteiger partial charge in [0.2, 0.25) is 5.91 Å². The highest BCUT2D eigenvalue weighted by Gasteiger charge is 2.27. The van der Waals surface area contributed by atoms with Crippen molar-refractivity contribution in [1.29, 1.82) is 0 Å². The molecule has 7 nitrogen and oxygen atoms in total. The fourth-order valence-electron chi connectivity index (χ4n) is 3.24. The molecule has 0 atom stereocenters. The molecule has 0 spiro atoms. The lowest BCUT2D eigenvalue weighted by Gasteiger charge is -2.25. The van der Waals surface area contributed by atoms with Crippen LogP contribution in [0.2, 0.25) is 0 Å².